The molecule has 0 bridgehead atoms. The number of carbonyl (C=O) groups is 2. The number of ether oxygens (including phenoxy) is 2. The SMILES string of the molecule is CCOc1cc(/C=N/NC(=O)C(=O)Nc2ccc(CC#N)cc2)ccc1OCc1ccc(Cl)cc1. The maximum absolute atomic E-state index is 12.1. The largest absolute Gasteiger partial charge is 0.490 e. The lowest BCUT2D eigenvalue weighted by atomic mass is 10.1. The van der Waals surface area contributed by atoms with Crippen LogP contribution < -0.4 is 20.2 Å². The Kier molecular flexibility index (Phi) is 9.22. The number of nitriles is 1. The van der Waals surface area contributed by atoms with E-state index < -0.39 is 11.8 Å². The number of rotatable bonds is 9. The maximum atomic E-state index is 12.1. The molecule has 3 rings (SSSR count). The molecule has 0 aliphatic rings. The standard InChI is InChI=1S/C26H23ClN4O4/c1-2-34-24-15-20(7-12-23(24)35-17-19-3-8-21(27)9-4-19)16-29-31-26(33)25(32)30-22-10-5-18(6-11-22)13-14-28/h3-12,15-16H,2,13,17H2,1H3,(H,30,32)(H,31,33)/b29-16+. The minimum absolute atomic E-state index is 0.268. The van der Waals surface area contributed by atoms with Gasteiger partial charge in [-0.15, -0.1) is 0 Å². The van der Waals surface area contributed by atoms with Crippen LogP contribution in [0.3, 0.4) is 0 Å². The van der Waals surface area contributed by atoms with E-state index in [0.717, 1.165) is 11.1 Å². The minimum Gasteiger partial charge on any atom is -0.490 e. The van der Waals surface area contributed by atoms with E-state index in [9.17, 15) is 9.59 Å². The molecule has 0 fully saturated rings. The van der Waals surface area contributed by atoms with Gasteiger partial charge in [0.25, 0.3) is 0 Å². The molecule has 0 saturated heterocycles. The van der Waals surface area contributed by atoms with Crippen molar-refractivity contribution in [2.75, 3.05) is 11.9 Å². The number of carbonyl (C=O) groups excluding carboxylic acids is 2. The van der Waals surface area contributed by atoms with E-state index in [0.29, 0.717) is 41.0 Å². The van der Waals surface area contributed by atoms with E-state index in [-0.39, 0.29) is 6.42 Å². The van der Waals surface area contributed by atoms with Gasteiger partial charge in [-0.05, 0) is 66.1 Å². The topological polar surface area (TPSA) is 113 Å². The molecule has 8 nitrogen and oxygen atoms in total. The van der Waals surface area contributed by atoms with E-state index in [4.69, 9.17) is 26.3 Å². The van der Waals surface area contributed by atoms with Gasteiger partial charge in [-0.1, -0.05) is 35.9 Å². The Morgan fingerprint density at radius 3 is 2.37 bits per heavy atom. The number of nitrogens with one attached hydrogen (secondary N) is 2. The molecule has 35 heavy (non-hydrogen) atoms. The number of hydrogen-bond acceptors (Lipinski definition) is 6. The van der Waals surface area contributed by atoms with Crippen molar-refractivity contribution < 1.29 is 19.1 Å². The third kappa shape index (κ3) is 7.88. The summed E-state index contributed by atoms with van der Waals surface area (Å²) in [6, 6.07) is 21.2. The van der Waals surface area contributed by atoms with E-state index in [1.54, 1.807) is 54.6 Å². The van der Waals surface area contributed by atoms with Crippen LogP contribution in [0.5, 0.6) is 11.5 Å². The van der Waals surface area contributed by atoms with Gasteiger partial charge in [0.05, 0.1) is 25.3 Å². The second kappa shape index (κ2) is 12.8. The second-order valence-electron chi connectivity index (χ2n) is 7.24. The molecule has 0 radical (unpaired) electrons. The maximum Gasteiger partial charge on any atom is 0.329 e. The third-order valence-electron chi connectivity index (χ3n) is 4.66. The Hall–Kier alpha value is -4.35. The van der Waals surface area contributed by atoms with Crippen LogP contribution in [0.15, 0.2) is 71.8 Å². The van der Waals surface area contributed by atoms with Crippen molar-refractivity contribution in [2.24, 2.45) is 5.10 Å². The molecule has 178 valence electrons. The van der Waals surface area contributed by atoms with E-state index in [1.807, 2.05) is 25.1 Å². The molecule has 0 aromatic heterocycles. The number of halogens is 1. The van der Waals surface area contributed by atoms with Gasteiger partial charge in [0, 0.05) is 10.7 Å². The minimum atomic E-state index is -0.921. The summed E-state index contributed by atoms with van der Waals surface area (Å²) in [6.07, 6.45) is 1.66. The first-order valence-electron chi connectivity index (χ1n) is 10.7. The van der Waals surface area contributed by atoms with Gasteiger partial charge in [0.1, 0.15) is 6.61 Å². The number of nitrogens with zero attached hydrogens (tertiary/aromatic N) is 2. The first-order valence-corrected chi connectivity index (χ1v) is 11.1. The molecule has 0 spiro atoms. The fourth-order valence-electron chi connectivity index (χ4n) is 2.94. The molecule has 9 heteroatoms. The highest BCUT2D eigenvalue weighted by Gasteiger charge is 2.13. The highest BCUT2D eigenvalue weighted by molar-refractivity contribution is 6.39. The van der Waals surface area contributed by atoms with Crippen LogP contribution in [0.1, 0.15) is 23.6 Å². The summed E-state index contributed by atoms with van der Waals surface area (Å²) >= 11 is 5.91. The summed E-state index contributed by atoms with van der Waals surface area (Å²) in [5, 5.41) is 15.7. The second-order valence-corrected chi connectivity index (χ2v) is 7.68. The first-order chi connectivity index (χ1) is 17.0. The molecule has 2 N–H and O–H groups in total. The Bertz CT molecular complexity index is 1240. The third-order valence-corrected chi connectivity index (χ3v) is 4.91. The number of amides is 2. The molecule has 2 amide bonds. The van der Waals surface area contributed by atoms with Crippen LogP contribution in [0.2, 0.25) is 5.02 Å². The van der Waals surface area contributed by atoms with Crippen LogP contribution >= 0.6 is 11.6 Å². The Morgan fingerprint density at radius 2 is 1.69 bits per heavy atom. The number of hydrogen-bond donors (Lipinski definition) is 2. The van der Waals surface area contributed by atoms with Gasteiger partial charge in [0.2, 0.25) is 0 Å². The number of hydrazone groups is 1. The lowest BCUT2D eigenvalue weighted by molar-refractivity contribution is -0.136. The highest BCUT2D eigenvalue weighted by Crippen LogP contribution is 2.29. The molecular formula is C26H23ClN4O4. The molecule has 3 aromatic rings. The number of benzene rings is 3. The monoisotopic (exact) mass is 490 g/mol. The quantitative estimate of drug-likeness (QED) is 0.261. The summed E-state index contributed by atoms with van der Waals surface area (Å²) in [5.74, 6) is -0.705. The van der Waals surface area contributed by atoms with Crippen LogP contribution in [0.25, 0.3) is 0 Å². The van der Waals surface area contributed by atoms with Crippen molar-refractivity contribution in [2.45, 2.75) is 20.0 Å². The molecule has 0 heterocycles. The van der Waals surface area contributed by atoms with E-state index in [2.05, 4.69) is 15.8 Å². The van der Waals surface area contributed by atoms with Gasteiger partial charge < -0.3 is 14.8 Å². The zero-order chi connectivity index (χ0) is 25.0. The van der Waals surface area contributed by atoms with Crippen molar-refractivity contribution in [1.82, 2.24) is 5.43 Å². The zero-order valence-corrected chi connectivity index (χ0v) is 19.7. The smallest absolute Gasteiger partial charge is 0.329 e. The first kappa shape index (κ1) is 25.3. The average Bonchev–Trinajstić information content (AvgIpc) is 2.86. The fourth-order valence-corrected chi connectivity index (χ4v) is 3.06. The zero-order valence-electron chi connectivity index (χ0n) is 19.0. The summed E-state index contributed by atoms with van der Waals surface area (Å²) < 4.78 is 11.5. The van der Waals surface area contributed by atoms with E-state index in [1.165, 1.54) is 6.21 Å². The van der Waals surface area contributed by atoms with Crippen LogP contribution in [0, 0.1) is 11.3 Å². The molecular weight excluding hydrogens is 468 g/mol. The molecule has 0 saturated carbocycles. The van der Waals surface area contributed by atoms with Gasteiger partial charge in [-0.2, -0.15) is 10.4 Å². The van der Waals surface area contributed by atoms with Crippen molar-refractivity contribution in [3.05, 3.63) is 88.4 Å². The van der Waals surface area contributed by atoms with Crippen LogP contribution in [-0.4, -0.2) is 24.6 Å². The van der Waals surface area contributed by atoms with Crippen LogP contribution in [0.4, 0.5) is 5.69 Å². The molecule has 0 aliphatic carbocycles. The fraction of sp³-hybridized carbons (Fsp3) is 0.154. The number of anilines is 1. The summed E-state index contributed by atoms with van der Waals surface area (Å²) in [4.78, 5) is 24.1. The van der Waals surface area contributed by atoms with Gasteiger partial charge in [-0.3, -0.25) is 9.59 Å². The Labute approximate surface area is 208 Å². The summed E-state index contributed by atoms with van der Waals surface area (Å²) in [6.45, 7) is 2.64. The Balaban J connectivity index is 1.56. The predicted octanol–water partition coefficient (Wildman–Crippen LogP) is 4.47. The van der Waals surface area contributed by atoms with Crippen LogP contribution in [-0.2, 0) is 22.6 Å². The lowest BCUT2D eigenvalue weighted by Gasteiger charge is -2.12. The van der Waals surface area contributed by atoms with Gasteiger partial charge >= 0.3 is 11.8 Å². The van der Waals surface area contributed by atoms with Crippen molar-refractivity contribution >= 4 is 35.3 Å². The highest BCUT2D eigenvalue weighted by atomic mass is 35.5. The Morgan fingerprint density at radius 1 is 0.971 bits per heavy atom. The molecule has 0 unspecified atom stereocenters. The molecule has 0 aliphatic heterocycles. The van der Waals surface area contributed by atoms with Gasteiger partial charge in [-0.25, -0.2) is 5.43 Å². The molecule has 0 atom stereocenters. The van der Waals surface area contributed by atoms with Crippen molar-refractivity contribution in [3.63, 3.8) is 0 Å². The van der Waals surface area contributed by atoms with Crippen molar-refractivity contribution in [3.8, 4) is 17.6 Å². The van der Waals surface area contributed by atoms with E-state index >= 15 is 0 Å². The summed E-state index contributed by atoms with van der Waals surface area (Å²) in [5.41, 5.74) is 5.04. The van der Waals surface area contributed by atoms with Gasteiger partial charge in [0.15, 0.2) is 11.5 Å². The molecule has 3 aromatic carbocycles. The van der Waals surface area contributed by atoms with Crippen molar-refractivity contribution in [1.29, 1.82) is 5.26 Å². The predicted molar refractivity (Wildman–Crippen MR) is 134 cm³/mol. The lowest BCUT2D eigenvalue weighted by Crippen LogP contribution is -2.32. The normalized spacial score (nSPS) is 10.4. The summed E-state index contributed by atoms with van der Waals surface area (Å²) in [7, 11) is 0. The average molecular weight is 491 g/mol.